The van der Waals surface area contributed by atoms with E-state index >= 15 is 0 Å². The number of carbonyl (C=O) groups is 2. The minimum absolute atomic E-state index is 0.0189. The van der Waals surface area contributed by atoms with Gasteiger partial charge in [0.15, 0.2) is 0 Å². The van der Waals surface area contributed by atoms with Gasteiger partial charge in [-0.15, -0.1) is 0 Å². The van der Waals surface area contributed by atoms with Crippen molar-refractivity contribution >= 4 is 29.3 Å². The van der Waals surface area contributed by atoms with Crippen molar-refractivity contribution in [1.29, 1.82) is 0 Å². The van der Waals surface area contributed by atoms with Gasteiger partial charge in [0.05, 0.1) is 11.3 Å². The highest BCUT2D eigenvalue weighted by Gasteiger charge is 2.23. The van der Waals surface area contributed by atoms with E-state index in [1.54, 1.807) is 18.0 Å². The molecule has 2 rings (SSSR count). The van der Waals surface area contributed by atoms with Gasteiger partial charge < -0.3 is 20.6 Å². The summed E-state index contributed by atoms with van der Waals surface area (Å²) in [5.41, 5.74) is 0.229. The van der Waals surface area contributed by atoms with Crippen LogP contribution in [0.4, 0.5) is 10.5 Å². The first-order valence-electron chi connectivity index (χ1n) is 6.76. The summed E-state index contributed by atoms with van der Waals surface area (Å²) in [7, 11) is 1.72. The third-order valence-electron chi connectivity index (χ3n) is 3.63. The molecule has 0 aliphatic carbocycles. The molecule has 0 bridgehead atoms. The largest absolute Gasteiger partial charge is 0.478 e. The van der Waals surface area contributed by atoms with Crippen LogP contribution in [0, 0.1) is 0 Å². The number of hydrogen-bond acceptors (Lipinski definition) is 3. The summed E-state index contributed by atoms with van der Waals surface area (Å²) >= 11 is 5.79. The molecule has 0 saturated carbocycles. The summed E-state index contributed by atoms with van der Waals surface area (Å²) < 4.78 is 0. The maximum atomic E-state index is 12.2. The Bertz CT molecular complexity index is 544. The van der Waals surface area contributed by atoms with Crippen LogP contribution in [0.25, 0.3) is 0 Å². The standard InChI is InChI=1S/C14H18ClN3O3/c1-18(10-4-6-16-7-5-10)14(21)17-12-3-2-9(15)8-11(12)13(19)20/h2-3,8,10,16H,4-7H2,1H3,(H,17,21)(H,19,20). The molecule has 1 aliphatic heterocycles. The minimum atomic E-state index is -1.13. The topological polar surface area (TPSA) is 81.7 Å². The van der Waals surface area contributed by atoms with Crippen molar-refractivity contribution in [2.75, 3.05) is 25.5 Å². The second-order valence-electron chi connectivity index (χ2n) is 5.02. The Labute approximate surface area is 128 Å². The number of carboxylic acids is 1. The summed E-state index contributed by atoms with van der Waals surface area (Å²) in [6, 6.07) is 4.22. The number of nitrogens with zero attached hydrogens (tertiary/aromatic N) is 1. The van der Waals surface area contributed by atoms with Crippen LogP contribution in [-0.4, -0.2) is 48.2 Å². The Hall–Kier alpha value is -1.79. The van der Waals surface area contributed by atoms with Gasteiger partial charge in [0, 0.05) is 18.1 Å². The van der Waals surface area contributed by atoms with E-state index in [1.807, 2.05) is 0 Å². The van der Waals surface area contributed by atoms with Crippen LogP contribution in [0.5, 0.6) is 0 Å². The van der Waals surface area contributed by atoms with E-state index in [9.17, 15) is 9.59 Å². The lowest BCUT2D eigenvalue weighted by Crippen LogP contribution is -2.45. The van der Waals surface area contributed by atoms with Crippen LogP contribution in [0.2, 0.25) is 5.02 Å². The summed E-state index contributed by atoms with van der Waals surface area (Å²) in [6.45, 7) is 1.76. The van der Waals surface area contributed by atoms with Gasteiger partial charge in [-0.05, 0) is 44.1 Å². The van der Waals surface area contributed by atoms with Crippen molar-refractivity contribution in [3.8, 4) is 0 Å². The number of hydrogen-bond donors (Lipinski definition) is 3. The zero-order valence-electron chi connectivity index (χ0n) is 11.7. The monoisotopic (exact) mass is 311 g/mol. The highest BCUT2D eigenvalue weighted by molar-refractivity contribution is 6.31. The lowest BCUT2D eigenvalue weighted by molar-refractivity contribution is 0.0698. The van der Waals surface area contributed by atoms with Crippen LogP contribution in [0.15, 0.2) is 18.2 Å². The second kappa shape index (κ2) is 6.78. The predicted molar refractivity (Wildman–Crippen MR) is 81.1 cm³/mol. The zero-order chi connectivity index (χ0) is 15.4. The Balaban J connectivity index is 2.10. The maximum Gasteiger partial charge on any atom is 0.337 e. The minimum Gasteiger partial charge on any atom is -0.478 e. The third kappa shape index (κ3) is 3.86. The van der Waals surface area contributed by atoms with E-state index in [1.165, 1.54) is 12.1 Å². The summed E-state index contributed by atoms with van der Waals surface area (Å²) in [5.74, 6) is -1.13. The summed E-state index contributed by atoms with van der Waals surface area (Å²) in [6.07, 6.45) is 1.77. The molecule has 2 amide bonds. The highest BCUT2D eigenvalue weighted by Crippen LogP contribution is 2.21. The number of urea groups is 1. The molecule has 7 heteroatoms. The molecule has 6 nitrogen and oxygen atoms in total. The van der Waals surface area contributed by atoms with Crippen molar-refractivity contribution in [2.24, 2.45) is 0 Å². The van der Waals surface area contributed by atoms with Crippen molar-refractivity contribution in [3.05, 3.63) is 28.8 Å². The Morgan fingerprint density at radius 3 is 2.67 bits per heavy atom. The summed E-state index contributed by atoms with van der Waals surface area (Å²) in [4.78, 5) is 25.1. The quantitative estimate of drug-likeness (QED) is 0.799. The Morgan fingerprint density at radius 1 is 1.38 bits per heavy atom. The number of benzene rings is 1. The van der Waals surface area contributed by atoms with E-state index < -0.39 is 5.97 Å². The van der Waals surface area contributed by atoms with Crippen LogP contribution in [0.1, 0.15) is 23.2 Å². The molecule has 21 heavy (non-hydrogen) atoms. The molecular weight excluding hydrogens is 294 g/mol. The SMILES string of the molecule is CN(C(=O)Nc1ccc(Cl)cc1C(=O)O)C1CCNCC1. The van der Waals surface area contributed by atoms with Crippen LogP contribution in [-0.2, 0) is 0 Å². The molecule has 1 aromatic carbocycles. The Morgan fingerprint density at radius 2 is 2.05 bits per heavy atom. The molecule has 3 N–H and O–H groups in total. The zero-order valence-corrected chi connectivity index (χ0v) is 12.5. The van der Waals surface area contributed by atoms with Crippen molar-refractivity contribution in [3.63, 3.8) is 0 Å². The van der Waals surface area contributed by atoms with Crippen LogP contribution >= 0.6 is 11.6 Å². The third-order valence-corrected chi connectivity index (χ3v) is 3.87. The van der Waals surface area contributed by atoms with Gasteiger partial charge in [-0.1, -0.05) is 11.6 Å². The molecular formula is C14H18ClN3O3. The van der Waals surface area contributed by atoms with Crippen molar-refractivity contribution in [1.82, 2.24) is 10.2 Å². The van der Waals surface area contributed by atoms with Gasteiger partial charge in [-0.25, -0.2) is 9.59 Å². The molecule has 1 heterocycles. The van der Waals surface area contributed by atoms with E-state index in [2.05, 4.69) is 10.6 Å². The average molecular weight is 312 g/mol. The molecule has 0 unspecified atom stereocenters. The number of halogens is 1. The molecule has 0 aromatic heterocycles. The lowest BCUT2D eigenvalue weighted by atomic mass is 10.1. The van der Waals surface area contributed by atoms with Gasteiger partial charge in [-0.2, -0.15) is 0 Å². The van der Waals surface area contributed by atoms with Gasteiger partial charge in [0.25, 0.3) is 0 Å². The molecule has 114 valence electrons. The molecule has 0 spiro atoms. The number of amides is 2. The number of carbonyl (C=O) groups excluding carboxylic acids is 1. The van der Waals surface area contributed by atoms with Gasteiger partial charge in [0.2, 0.25) is 0 Å². The van der Waals surface area contributed by atoms with Crippen molar-refractivity contribution < 1.29 is 14.7 Å². The van der Waals surface area contributed by atoms with E-state index in [4.69, 9.17) is 16.7 Å². The molecule has 1 aromatic rings. The number of nitrogens with one attached hydrogen (secondary N) is 2. The molecule has 1 saturated heterocycles. The first kappa shape index (κ1) is 15.6. The first-order valence-corrected chi connectivity index (χ1v) is 7.14. The second-order valence-corrected chi connectivity index (χ2v) is 5.45. The number of rotatable bonds is 3. The smallest absolute Gasteiger partial charge is 0.337 e. The number of aromatic carboxylic acids is 1. The first-order chi connectivity index (χ1) is 9.99. The van der Waals surface area contributed by atoms with Crippen LogP contribution < -0.4 is 10.6 Å². The highest BCUT2D eigenvalue weighted by atomic mass is 35.5. The van der Waals surface area contributed by atoms with E-state index in [0.717, 1.165) is 25.9 Å². The molecule has 0 atom stereocenters. The molecule has 1 fully saturated rings. The normalized spacial score (nSPS) is 15.5. The summed E-state index contributed by atoms with van der Waals surface area (Å²) in [5, 5.41) is 15.4. The van der Waals surface area contributed by atoms with Gasteiger partial charge >= 0.3 is 12.0 Å². The number of carboxylic acid groups (broad SMARTS) is 1. The fourth-order valence-electron chi connectivity index (χ4n) is 2.37. The number of piperidine rings is 1. The predicted octanol–water partition coefficient (Wildman–Crippen LogP) is 2.25. The van der Waals surface area contributed by atoms with E-state index in [0.29, 0.717) is 5.02 Å². The lowest BCUT2D eigenvalue weighted by Gasteiger charge is -2.31. The van der Waals surface area contributed by atoms with Gasteiger partial charge in [0.1, 0.15) is 0 Å². The fourth-order valence-corrected chi connectivity index (χ4v) is 2.54. The molecule has 1 aliphatic rings. The van der Waals surface area contributed by atoms with Gasteiger partial charge in [-0.3, -0.25) is 0 Å². The van der Waals surface area contributed by atoms with Crippen molar-refractivity contribution in [2.45, 2.75) is 18.9 Å². The maximum absolute atomic E-state index is 12.2. The van der Waals surface area contributed by atoms with E-state index in [-0.39, 0.29) is 23.3 Å². The average Bonchev–Trinajstić information content (AvgIpc) is 2.49. The number of anilines is 1. The molecule has 0 radical (unpaired) electrons. The fraction of sp³-hybridized carbons (Fsp3) is 0.429. The van der Waals surface area contributed by atoms with Crippen LogP contribution in [0.3, 0.4) is 0 Å². The Kier molecular flexibility index (Phi) is 5.03.